The first-order valence-electron chi connectivity index (χ1n) is 7.63. The number of likely N-dealkylation sites (N-methyl/N-ethyl adjacent to an activating group) is 1. The van der Waals surface area contributed by atoms with Gasteiger partial charge >= 0.3 is 0 Å². The van der Waals surface area contributed by atoms with E-state index in [1.54, 1.807) is 19.2 Å². The van der Waals surface area contributed by atoms with Crippen LogP contribution in [-0.2, 0) is 6.54 Å². The van der Waals surface area contributed by atoms with E-state index in [1.807, 2.05) is 24.3 Å². The zero-order valence-electron chi connectivity index (χ0n) is 13.5. The molecule has 0 bridgehead atoms. The largest absolute Gasteiger partial charge is 0.496 e. The average Bonchev–Trinajstić information content (AvgIpc) is 2.57. The fourth-order valence-electron chi connectivity index (χ4n) is 2.38. The summed E-state index contributed by atoms with van der Waals surface area (Å²) in [6.45, 7) is 7.57. The van der Waals surface area contributed by atoms with Crippen molar-refractivity contribution in [2.45, 2.75) is 20.4 Å². The second-order valence-electron chi connectivity index (χ2n) is 5.01. The van der Waals surface area contributed by atoms with Gasteiger partial charge in [0.2, 0.25) is 0 Å². The smallest absolute Gasteiger partial charge is 0.266 e. The molecule has 0 unspecified atom stereocenters. The van der Waals surface area contributed by atoms with Crippen LogP contribution in [0.25, 0.3) is 11.3 Å². The maximum Gasteiger partial charge on any atom is 0.266 e. The zero-order valence-corrected chi connectivity index (χ0v) is 13.5. The van der Waals surface area contributed by atoms with E-state index in [9.17, 15) is 4.79 Å². The minimum atomic E-state index is -0.0780. The minimum absolute atomic E-state index is 0.0780. The molecule has 0 N–H and O–H groups in total. The van der Waals surface area contributed by atoms with Crippen molar-refractivity contribution in [3.63, 3.8) is 0 Å². The zero-order chi connectivity index (χ0) is 15.9. The van der Waals surface area contributed by atoms with Crippen LogP contribution in [0.4, 0.5) is 0 Å². The van der Waals surface area contributed by atoms with Crippen molar-refractivity contribution in [2.24, 2.45) is 0 Å². The van der Waals surface area contributed by atoms with Crippen LogP contribution in [0.1, 0.15) is 13.8 Å². The van der Waals surface area contributed by atoms with Crippen LogP contribution in [0.5, 0.6) is 5.75 Å². The SMILES string of the molecule is CCN(CC)CCn1nc(-c2ccccc2OC)ccc1=O. The van der Waals surface area contributed by atoms with Gasteiger partial charge in [0.25, 0.3) is 5.56 Å². The molecule has 2 aromatic rings. The number of ether oxygens (including phenoxy) is 1. The molecule has 0 atom stereocenters. The van der Waals surface area contributed by atoms with Crippen molar-refractivity contribution in [3.05, 3.63) is 46.8 Å². The third kappa shape index (κ3) is 3.74. The van der Waals surface area contributed by atoms with Gasteiger partial charge in [0.05, 0.1) is 19.3 Å². The Morgan fingerprint density at radius 2 is 1.86 bits per heavy atom. The van der Waals surface area contributed by atoms with E-state index < -0.39 is 0 Å². The van der Waals surface area contributed by atoms with Crippen LogP contribution in [0.3, 0.4) is 0 Å². The van der Waals surface area contributed by atoms with Crippen molar-refractivity contribution < 1.29 is 4.74 Å². The average molecular weight is 301 g/mol. The van der Waals surface area contributed by atoms with Gasteiger partial charge < -0.3 is 9.64 Å². The first kappa shape index (κ1) is 16.2. The molecule has 0 spiro atoms. The molecule has 1 aromatic heterocycles. The molecule has 0 aliphatic heterocycles. The Morgan fingerprint density at radius 3 is 2.55 bits per heavy atom. The number of nitrogens with zero attached hydrogens (tertiary/aromatic N) is 3. The predicted molar refractivity (Wildman–Crippen MR) is 88.3 cm³/mol. The topological polar surface area (TPSA) is 47.4 Å². The van der Waals surface area contributed by atoms with E-state index in [0.717, 1.165) is 36.6 Å². The van der Waals surface area contributed by atoms with Crippen LogP contribution in [0, 0.1) is 0 Å². The van der Waals surface area contributed by atoms with E-state index in [4.69, 9.17) is 4.74 Å². The van der Waals surface area contributed by atoms with Crippen LogP contribution >= 0.6 is 0 Å². The van der Waals surface area contributed by atoms with Crippen molar-refractivity contribution in [1.29, 1.82) is 0 Å². The van der Waals surface area contributed by atoms with Gasteiger partial charge in [-0.1, -0.05) is 26.0 Å². The predicted octanol–water partition coefficient (Wildman–Crippen LogP) is 2.26. The van der Waals surface area contributed by atoms with Crippen molar-refractivity contribution >= 4 is 0 Å². The van der Waals surface area contributed by atoms with Gasteiger partial charge in [0, 0.05) is 18.2 Å². The molecule has 5 heteroatoms. The number of para-hydroxylation sites is 1. The van der Waals surface area contributed by atoms with Gasteiger partial charge in [0.15, 0.2) is 0 Å². The van der Waals surface area contributed by atoms with Crippen LogP contribution in [-0.4, -0.2) is 41.4 Å². The van der Waals surface area contributed by atoms with Crippen molar-refractivity contribution in [1.82, 2.24) is 14.7 Å². The molecule has 22 heavy (non-hydrogen) atoms. The summed E-state index contributed by atoms with van der Waals surface area (Å²) in [6, 6.07) is 11.0. The van der Waals surface area contributed by atoms with Gasteiger partial charge in [-0.15, -0.1) is 0 Å². The molecule has 5 nitrogen and oxygen atoms in total. The summed E-state index contributed by atoms with van der Waals surface area (Å²) < 4.78 is 6.90. The van der Waals surface area contributed by atoms with Gasteiger partial charge in [-0.2, -0.15) is 5.10 Å². The van der Waals surface area contributed by atoms with Crippen LogP contribution in [0.2, 0.25) is 0 Å². The van der Waals surface area contributed by atoms with E-state index >= 15 is 0 Å². The Kier molecular flexibility index (Phi) is 5.72. The summed E-state index contributed by atoms with van der Waals surface area (Å²) in [6.07, 6.45) is 0. The Bertz CT molecular complexity index is 663. The highest BCUT2D eigenvalue weighted by molar-refractivity contribution is 5.66. The van der Waals surface area contributed by atoms with Crippen LogP contribution < -0.4 is 10.3 Å². The summed E-state index contributed by atoms with van der Waals surface area (Å²) in [7, 11) is 1.63. The van der Waals surface area contributed by atoms with E-state index in [0.29, 0.717) is 6.54 Å². The highest BCUT2D eigenvalue weighted by Crippen LogP contribution is 2.26. The fraction of sp³-hybridized carbons (Fsp3) is 0.412. The first-order valence-corrected chi connectivity index (χ1v) is 7.63. The molecule has 2 rings (SSSR count). The molecule has 0 aliphatic carbocycles. The maximum atomic E-state index is 12.0. The summed E-state index contributed by atoms with van der Waals surface area (Å²) in [5, 5.41) is 4.49. The summed E-state index contributed by atoms with van der Waals surface area (Å²) in [5.74, 6) is 0.754. The molecule has 1 heterocycles. The number of rotatable bonds is 7. The Hall–Kier alpha value is -2.14. The molecule has 0 aliphatic rings. The summed E-state index contributed by atoms with van der Waals surface area (Å²) in [4.78, 5) is 14.3. The molecule has 0 fully saturated rings. The highest BCUT2D eigenvalue weighted by atomic mass is 16.5. The third-order valence-electron chi connectivity index (χ3n) is 3.77. The normalized spacial score (nSPS) is 10.9. The molecule has 1 aromatic carbocycles. The van der Waals surface area contributed by atoms with E-state index in [-0.39, 0.29) is 5.56 Å². The number of hydrogen-bond donors (Lipinski definition) is 0. The minimum Gasteiger partial charge on any atom is -0.496 e. The van der Waals surface area contributed by atoms with Gasteiger partial charge in [-0.25, -0.2) is 4.68 Å². The molecule has 0 saturated carbocycles. The molecular formula is C17H23N3O2. The van der Waals surface area contributed by atoms with Crippen molar-refractivity contribution in [3.8, 4) is 17.0 Å². The quantitative estimate of drug-likeness (QED) is 0.787. The first-order chi connectivity index (χ1) is 10.7. The Labute approximate surface area is 131 Å². The van der Waals surface area contributed by atoms with E-state index in [1.165, 1.54) is 4.68 Å². The molecular weight excluding hydrogens is 278 g/mol. The van der Waals surface area contributed by atoms with Gasteiger partial charge in [-0.3, -0.25) is 4.79 Å². The van der Waals surface area contributed by atoms with E-state index in [2.05, 4.69) is 23.8 Å². The number of hydrogen-bond acceptors (Lipinski definition) is 4. The summed E-state index contributed by atoms with van der Waals surface area (Å²) >= 11 is 0. The molecule has 0 radical (unpaired) electrons. The lowest BCUT2D eigenvalue weighted by Gasteiger charge is -2.18. The lowest BCUT2D eigenvalue weighted by molar-refractivity contribution is 0.283. The number of methoxy groups -OCH3 is 1. The van der Waals surface area contributed by atoms with Gasteiger partial charge in [0.1, 0.15) is 5.75 Å². The monoisotopic (exact) mass is 301 g/mol. The van der Waals surface area contributed by atoms with Gasteiger partial charge in [-0.05, 0) is 31.3 Å². The third-order valence-corrected chi connectivity index (χ3v) is 3.77. The standard InChI is InChI=1S/C17H23N3O2/c1-4-19(5-2)12-13-20-17(21)11-10-15(18-20)14-8-6-7-9-16(14)22-3/h6-11H,4-5,12-13H2,1-3H3. The summed E-state index contributed by atoms with van der Waals surface area (Å²) in [5.41, 5.74) is 1.56. The number of aromatic nitrogens is 2. The maximum absolute atomic E-state index is 12.0. The lowest BCUT2D eigenvalue weighted by Crippen LogP contribution is -2.32. The van der Waals surface area contributed by atoms with Crippen molar-refractivity contribution in [2.75, 3.05) is 26.7 Å². The second kappa shape index (κ2) is 7.75. The Morgan fingerprint density at radius 1 is 1.14 bits per heavy atom. The highest BCUT2D eigenvalue weighted by Gasteiger charge is 2.09. The molecule has 0 saturated heterocycles. The fourth-order valence-corrected chi connectivity index (χ4v) is 2.38. The molecule has 118 valence electrons. The second-order valence-corrected chi connectivity index (χ2v) is 5.01. The molecule has 0 amide bonds. The Balaban J connectivity index is 2.28. The number of benzene rings is 1. The lowest BCUT2D eigenvalue weighted by atomic mass is 10.1. The van der Waals surface area contributed by atoms with Crippen LogP contribution in [0.15, 0.2) is 41.2 Å².